The molecule has 0 bridgehead atoms. The summed E-state index contributed by atoms with van der Waals surface area (Å²) in [6, 6.07) is 16.3. The minimum atomic E-state index is -1.71. The predicted octanol–water partition coefficient (Wildman–Crippen LogP) is 12.8. The maximum atomic E-state index is 13.3. The van der Waals surface area contributed by atoms with Gasteiger partial charge in [-0.3, -0.25) is 28.8 Å². The first kappa shape index (κ1) is 47.9. The fraction of sp³-hybridized carbons (Fsp3) is 0.100. The SMILES string of the molecule is CC(=O)C(N=Nc1cc(C(=O)Nc2ccc(Cl)cc2Cl)ccc1Cl)C(=O)Nc1ccc(NC(=O)C(N=Nc2cc(C(=O)Nc3ccc(Cl)cc3Cl)ccc2Cl)C(C)=O)c(Cl)c1Cl. The van der Waals surface area contributed by atoms with Gasteiger partial charge in [-0.25, -0.2) is 0 Å². The normalized spacial score (nSPS) is 12.2. The second kappa shape index (κ2) is 21.3. The number of hydrogen-bond acceptors (Lipinski definition) is 10. The van der Waals surface area contributed by atoms with Gasteiger partial charge in [0.25, 0.3) is 23.6 Å². The molecule has 318 valence electrons. The van der Waals surface area contributed by atoms with Crippen molar-refractivity contribution >= 4 is 162 Å². The summed E-state index contributed by atoms with van der Waals surface area (Å²) in [5.74, 6) is -4.53. The Kier molecular flexibility index (Phi) is 16.4. The number of azo groups is 2. The van der Waals surface area contributed by atoms with Crippen LogP contribution < -0.4 is 21.3 Å². The molecule has 2 unspecified atom stereocenters. The number of nitrogens with zero attached hydrogens (tertiary/aromatic N) is 4. The molecule has 0 fully saturated rings. The molecule has 0 aliphatic heterocycles. The summed E-state index contributed by atoms with van der Waals surface area (Å²) in [4.78, 5) is 77.5. The number of benzene rings is 5. The van der Waals surface area contributed by atoms with E-state index in [4.69, 9.17) is 92.8 Å². The van der Waals surface area contributed by atoms with Crippen molar-refractivity contribution in [3.05, 3.63) is 136 Å². The lowest BCUT2D eigenvalue weighted by molar-refractivity contribution is -0.127. The number of halogens is 8. The van der Waals surface area contributed by atoms with Gasteiger partial charge in [0.05, 0.1) is 52.9 Å². The van der Waals surface area contributed by atoms with E-state index in [2.05, 4.69) is 41.7 Å². The summed E-state index contributed by atoms with van der Waals surface area (Å²) in [6.45, 7) is 2.20. The van der Waals surface area contributed by atoms with Crippen molar-refractivity contribution < 1.29 is 28.8 Å². The highest BCUT2D eigenvalue weighted by atomic mass is 35.5. The van der Waals surface area contributed by atoms with Gasteiger partial charge in [-0.1, -0.05) is 92.8 Å². The third-order valence-electron chi connectivity index (χ3n) is 8.20. The van der Waals surface area contributed by atoms with Crippen molar-refractivity contribution in [2.75, 3.05) is 21.3 Å². The molecule has 5 aromatic carbocycles. The first-order chi connectivity index (χ1) is 29.3. The Labute approximate surface area is 392 Å². The van der Waals surface area contributed by atoms with E-state index in [1.165, 1.54) is 72.8 Å². The minimum absolute atomic E-state index is 0.0369. The van der Waals surface area contributed by atoms with Gasteiger partial charge in [-0.05, 0) is 98.8 Å². The van der Waals surface area contributed by atoms with Crippen molar-refractivity contribution in [1.29, 1.82) is 0 Å². The van der Waals surface area contributed by atoms with Gasteiger partial charge in [0.1, 0.15) is 11.4 Å². The fourth-order valence-electron chi connectivity index (χ4n) is 5.05. The lowest BCUT2D eigenvalue weighted by atomic mass is 10.1. The van der Waals surface area contributed by atoms with Crippen LogP contribution in [0.1, 0.15) is 34.6 Å². The fourth-order valence-corrected chi connectivity index (χ4v) is 6.70. The highest BCUT2D eigenvalue weighted by Crippen LogP contribution is 2.37. The third kappa shape index (κ3) is 12.3. The molecule has 22 heteroatoms. The van der Waals surface area contributed by atoms with E-state index in [-0.39, 0.29) is 64.0 Å². The largest absolute Gasteiger partial charge is 0.322 e. The zero-order chi connectivity index (χ0) is 45.4. The van der Waals surface area contributed by atoms with Crippen molar-refractivity contribution in [1.82, 2.24) is 0 Å². The Morgan fingerprint density at radius 1 is 0.435 bits per heavy atom. The Morgan fingerprint density at radius 3 is 1.13 bits per heavy atom. The van der Waals surface area contributed by atoms with E-state index in [1.807, 2.05) is 0 Å². The maximum absolute atomic E-state index is 13.3. The number of hydrogen-bond donors (Lipinski definition) is 4. The molecule has 0 radical (unpaired) electrons. The molecular formula is C40H26Cl8N8O6. The van der Waals surface area contributed by atoms with Crippen molar-refractivity contribution in [2.45, 2.75) is 25.9 Å². The standard InChI is InChI=1S/C40H26Cl8N8O6/c1-17(57)35(55-53-31-13-19(3-7-23(31)43)37(59)49-27-9-5-21(41)15-25(27)45)39(61)51-29-11-12-30(34(48)33(29)47)52-40(62)36(18(2)58)56-54-32-14-20(4-8-24(32)44)38(60)50-28-10-6-22(42)16-26(28)46/h3-16,35-36H,1-2H3,(H,49,59)(H,50,60)(H,51,61)(H,52,62). The molecular weight excluding hydrogens is 972 g/mol. The minimum Gasteiger partial charge on any atom is -0.322 e. The smallest absolute Gasteiger partial charge is 0.258 e. The lowest BCUT2D eigenvalue weighted by Gasteiger charge is -2.15. The van der Waals surface area contributed by atoms with Crippen molar-refractivity contribution in [3.63, 3.8) is 0 Å². The summed E-state index contributed by atoms with van der Waals surface area (Å²) in [7, 11) is 0. The number of Topliss-reactive ketones (excluding diaryl/α,β-unsaturated/α-hetero) is 2. The highest BCUT2D eigenvalue weighted by Gasteiger charge is 2.27. The lowest BCUT2D eigenvalue weighted by Crippen LogP contribution is -2.32. The van der Waals surface area contributed by atoms with Crippen LogP contribution in [0.15, 0.2) is 105 Å². The molecule has 4 N–H and O–H groups in total. The van der Waals surface area contributed by atoms with Crippen LogP contribution in [0.3, 0.4) is 0 Å². The number of carbonyl (C=O) groups is 6. The van der Waals surface area contributed by atoms with Crippen LogP contribution in [0.25, 0.3) is 0 Å². The van der Waals surface area contributed by atoms with Crippen LogP contribution in [-0.2, 0) is 19.2 Å². The molecule has 5 aromatic rings. The average Bonchev–Trinajstić information content (AvgIpc) is 3.20. The maximum Gasteiger partial charge on any atom is 0.258 e. The molecule has 0 spiro atoms. The summed E-state index contributed by atoms with van der Waals surface area (Å²) < 4.78 is 0. The summed E-state index contributed by atoms with van der Waals surface area (Å²) in [5, 5.41) is 26.6. The van der Waals surface area contributed by atoms with Gasteiger partial charge in [0.2, 0.25) is 12.1 Å². The highest BCUT2D eigenvalue weighted by molar-refractivity contribution is 6.46. The second-order valence-electron chi connectivity index (χ2n) is 12.7. The van der Waals surface area contributed by atoms with E-state index in [9.17, 15) is 28.8 Å². The van der Waals surface area contributed by atoms with Crippen molar-refractivity contribution in [2.24, 2.45) is 20.5 Å². The quantitative estimate of drug-likeness (QED) is 0.0630. The Bertz CT molecular complexity index is 2530. The molecule has 0 saturated carbocycles. The number of amides is 4. The molecule has 4 amide bonds. The Morgan fingerprint density at radius 2 is 0.790 bits per heavy atom. The van der Waals surface area contributed by atoms with E-state index in [0.717, 1.165) is 13.8 Å². The van der Waals surface area contributed by atoms with Crippen LogP contribution in [0.5, 0.6) is 0 Å². The summed E-state index contributed by atoms with van der Waals surface area (Å²) in [5.41, 5.74) is 0.540. The van der Waals surface area contributed by atoms with E-state index in [0.29, 0.717) is 21.4 Å². The number of ketones is 2. The van der Waals surface area contributed by atoms with E-state index >= 15 is 0 Å². The van der Waals surface area contributed by atoms with E-state index in [1.54, 1.807) is 12.1 Å². The molecule has 0 aliphatic rings. The molecule has 2 atom stereocenters. The van der Waals surface area contributed by atoms with Crippen LogP contribution in [0.4, 0.5) is 34.1 Å². The molecule has 62 heavy (non-hydrogen) atoms. The first-order valence-electron chi connectivity index (χ1n) is 17.4. The molecule has 14 nitrogen and oxygen atoms in total. The number of nitrogens with one attached hydrogen (secondary N) is 4. The number of rotatable bonds is 14. The topological polar surface area (TPSA) is 200 Å². The monoisotopic (exact) mass is 994 g/mol. The molecule has 0 heterocycles. The Balaban J connectivity index is 1.27. The number of anilines is 4. The average molecular weight is 998 g/mol. The van der Waals surface area contributed by atoms with E-state index < -0.39 is 47.3 Å². The van der Waals surface area contributed by atoms with Gasteiger partial charge in [-0.2, -0.15) is 20.5 Å². The predicted molar refractivity (Wildman–Crippen MR) is 243 cm³/mol. The summed E-state index contributed by atoms with van der Waals surface area (Å²) >= 11 is 49.6. The van der Waals surface area contributed by atoms with Gasteiger partial charge in [0, 0.05) is 21.2 Å². The third-order valence-corrected chi connectivity index (χ3v) is 10.8. The molecule has 0 aromatic heterocycles. The van der Waals surface area contributed by atoms with Gasteiger partial charge < -0.3 is 21.3 Å². The van der Waals surface area contributed by atoms with Gasteiger partial charge >= 0.3 is 0 Å². The first-order valence-corrected chi connectivity index (χ1v) is 20.4. The molecule has 5 rings (SSSR count). The van der Waals surface area contributed by atoms with Gasteiger partial charge in [0.15, 0.2) is 11.6 Å². The second-order valence-corrected chi connectivity index (χ2v) is 16.0. The zero-order valence-electron chi connectivity index (χ0n) is 31.5. The van der Waals surface area contributed by atoms with Crippen LogP contribution >= 0.6 is 92.8 Å². The van der Waals surface area contributed by atoms with Crippen LogP contribution in [-0.4, -0.2) is 47.3 Å². The Hall–Kier alpha value is -5.16. The van der Waals surface area contributed by atoms with Crippen LogP contribution in [0.2, 0.25) is 40.2 Å². The number of carbonyl (C=O) groups excluding carboxylic acids is 6. The van der Waals surface area contributed by atoms with Crippen molar-refractivity contribution in [3.8, 4) is 0 Å². The summed E-state index contributed by atoms with van der Waals surface area (Å²) in [6.07, 6.45) is 0. The van der Waals surface area contributed by atoms with Crippen LogP contribution in [0, 0.1) is 0 Å². The molecule has 0 saturated heterocycles. The molecule has 0 aliphatic carbocycles. The zero-order valence-corrected chi connectivity index (χ0v) is 37.5. The van der Waals surface area contributed by atoms with Gasteiger partial charge in [-0.15, -0.1) is 0 Å².